The Morgan fingerprint density at radius 3 is 2.70 bits per heavy atom. The van der Waals surface area contributed by atoms with Crippen molar-refractivity contribution in [2.75, 3.05) is 17.2 Å². The molecule has 4 nitrogen and oxygen atoms in total. The molecule has 0 saturated heterocycles. The van der Waals surface area contributed by atoms with Crippen molar-refractivity contribution in [2.45, 2.75) is 13.0 Å². The van der Waals surface area contributed by atoms with Crippen LogP contribution in [0.1, 0.15) is 18.5 Å². The Labute approximate surface area is 117 Å². The summed E-state index contributed by atoms with van der Waals surface area (Å²) in [5.74, 6) is 0.617. The van der Waals surface area contributed by atoms with Gasteiger partial charge in [-0.05, 0) is 24.6 Å². The number of rotatable bonds is 2. The number of anilines is 2. The standard InChI is InChI=1S/C16H16N2O2/c1-11(12-5-3-2-4-6-12)18-14-8-7-13(17)9-15(14)20-10-16(18)19/h2-9,11H,10,17H2,1H3. The molecule has 102 valence electrons. The van der Waals surface area contributed by atoms with Crippen LogP contribution in [0.25, 0.3) is 0 Å². The molecule has 4 heteroatoms. The van der Waals surface area contributed by atoms with E-state index in [4.69, 9.17) is 10.5 Å². The molecule has 1 aliphatic heterocycles. The van der Waals surface area contributed by atoms with Crippen molar-refractivity contribution in [3.8, 4) is 5.75 Å². The summed E-state index contributed by atoms with van der Waals surface area (Å²) in [5.41, 5.74) is 8.25. The summed E-state index contributed by atoms with van der Waals surface area (Å²) in [5, 5.41) is 0. The number of nitrogens with two attached hydrogens (primary N) is 1. The first-order chi connectivity index (χ1) is 9.66. The van der Waals surface area contributed by atoms with Gasteiger partial charge in [0.15, 0.2) is 6.61 Å². The number of ether oxygens (including phenoxy) is 1. The molecule has 0 bridgehead atoms. The minimum Gasteiger partial charge on any atom is -0.481 e. The maximum absolute atomic E-state index is 12.2. The molecule has 2 aromatic rings. The molecule has 3 rings (SSSR count). The molecule has 2 N–H and O–H groups in total. The number of benzene rings is 2. The van der Waals surface area contributed by atoms with Gasteiger partial charge in [-0.3, -0.25) is 9.69 Å². The molecule has 1 atom stereocenters. The molecule has 1 heterocycles. The normalized spacial score (nSPS) is 15.4. The Kier molecular flexibility index (Phi) is 3.06. The third kappa shape index (κ3) is 2.09. The van der Waals surface area contributed by atoms with Gasteiger partial charge in [0.2, 0.25) is 0 Å². The molecule has 0 fully saturated rings. The fraction of sp³-hybridized carbons (Fsp3) is 0.188. The van der Waals surface area contributed by atoms with Crippen LogP contribution >= 0.6 is 0 Å². The summed E-state index contributed by atoms with van der Waals surface area (Å²) >= 11 is 0. The van der Waals surface area contributed by atoms with Crippen molar-refractivity contribution >= 4 is 17.3 Å². The van der Waals surface area contributed by atoms with E-state index in [-0.39, 0.29) is 18.6 Å². The van der Waals surface area contributed by atoms with Gasteiger partial charge in [0.1, 0.15) is 5.75 Å². The highest BCUT2D eigenvalue weighted by molar-refractivity contribution is 5.98. The molecule has 0 spiro atoms. The smallest absolute Gasteiger partial charge is 0.265 e. The summed E-state index contributed by atoms with van der Waals surface area (Å²) in [6.45, 7) is 2.06. The topological polar surface area (TPSA) is 55.6 Å². The lowest BCUT2D eigenvalue weighted by atomic mass is 10.0. The average Bonchev–Trinajstić information content (AvgIpc) is 2.48. The van der Waals surface area contributed by atoms with E-state index < -0.39 is 0 Å². The fourth-order valence-corrected chi connectivity index (χ4v) is 2.49. The van der Waals surface area contributed by atoms with Crippen LogP contribution in [0.3, 0.4) is 0 Å². The second-order valence-electron chi connectivity index (χ2n) is 4.87. The van der Waals surface area contributed by atoms with E-state index in [1.165, 1.54) is 0 Å². The predicted octanol–water partition coefficient (Wildman–Crippen LogP) is 2.76. The molecule has 0 aromatic heterocycles. The number of amides is 1. The van der Waals surface area contributed by atoms with E-state index in [0.717, 1.165) is 11.3 Å². The Hall–Kier alpha value is -2.49. The van der Waals surface area contributed by atoms with Gasteiger partial charge in [0.05, 0.1) is 11.7 Å². The minimum atomic E-state index is -0.0463. The summed E-state index contributed by atoms with van der Waals surface area (Å²) in [6.07, 6.45) is 0. The Balaban J connectivity index is 2.03. The van der Waals surface area contributed by atoms with Gasteiger partial charge >= 0.3 is 0 Å². The van der Waals surface area contributed by atoms with Crippen LogP contribution < -0.4 is 15.4 Å². The SMILES string of the molecule is CC(c1ccccc1)N1C(=O)COc2cc(N)ccc21. The number of nitrogen functional groups attached to an aromatic ring is 1. The lowest BCUT2D eigenvalue weighted by Crippen LogP contribution is -2.40. The van der Waals surface area contributed by atoms with Gasteiger partial charge in [-0.1, -0.05) is 30.3 Å². The highest BCUT2D eigenvalue weighted by Gasteiger charge is 2.30. The summed E-state index contributed by atoms with van der Waals surface area (Å²) < 4.78 is 5.46. The lowest BCUT2D eigenvalue weighted by Gasteiger charge is -2.34. The summed E-state index contributed by atoms with van der Waals surface area (Å²) in [4.78, 5) is 14.0. The number of carbonyl (C=O) groups excluding carboxylic acids is 1. The van der Waals surface area contributed by atoms with Gasteiger partial charge in [-0.15, -0.1) is 0 Å². The molecule has 1 unspecified atom stereocenters. The molecule has 20 heavy (non-hydrogen) atoms. The monoisotopic (exact) mass is 268 g/mol. The summed E-state index contributed by atoms with van der Waals surface area (Å²) in [6, 6.07) is 15.3. The second-order valence-corrected chi connectivity index (χ2v) is 4.87. The van der Waals surface area contributed by atoms with Gasteiger partial charge in [0, 0.05) is 11.8 Å². The van der Waals surface area contributed by atoms with E-state index in [1.54, 1.807) is 17.0 Å². The van der Waals surface area contributed by atoms with Crippen LogP contribution in [0, 0.1) is 0 Å². The van der Waals surface area contributed by atoms with Crippen molar-refractivity contribution < 1.29 is 9.53 Å². The highest BCUT2D eigenvalue weighted by atomic mass is 16.5. The number of hydrogen-bond donors (Lipinski definition) is 1. The van der Waals surface area contributed by atoms with E-state index in [9.17, 15) is 4.79 Å². The van der Waals surface area contributed by atoms with Gasteiger partial charge < -0.3 is 10.5 Å². The van der Waals surface area contributed by atoms with Crippen LogP contribution in [-0.4, -0.2) is 12.5 Å². The molecule has 2 aromatic carbocycles. The molecular formula is C16H16N2O2. The molecule has 1 amide bonds. The number of fused-ring (bicyclic) bond motifs is 1. The van der Waals surface area contributed by atoms with Crippen molar-refractivity contribution in [3.63, 3.8) is 0 Å². The molecule has 0 radical (unpaired) electrons. The first-order valence-corrected chi connectivity index (χ1v) is 6.56. The van der Waals surface area contributed by atoms with Gasteiger partial charge in [-0.25, -0.2) is 0 Å². The van der Waals surface area contributed by atoms with E-state index in [0.29, 0.717) is 11.4 Å². The third-order valence-corrected chi connectivity index (χ3v) is 3.53. The Morgan fingerprint density at radius 1 is 1.20 bits per heavy atom. The van der Waals surface area contributed by atoms with E-state index >= 15 is 0 Å². The summed E-state index contributed by atoms with van der Waals surface area (Å²) in [7, 11) is 0. The maximum Gasteiger partial charge on any atom is 0.265 e. The first kappa shape index (κ1) is 12.5. The minimum absolute atomic E-state index is 0.0429. The zero-order chi connectivity index (χ0) is 14.1. The second kappa shape index (κ2) is 4.89. The van der Waals surface area contributed by atoms with Crippen LogP contribution in [-0.2, 0) is 4.79 Å². The van der Waals surface area contributed by atoms with E-state index in [2.05, 4.69) is 0 Å². The van der Waals surface area contributed by atoms with Crippen LogP contribution in [0.4, 0.5) is 11.4 Å². The van der Waals surface area contributed by atoms with Crippen LogP contribution in [0.15, 0.2) is 48.5 Å². The first-order valence-electron chi connectivity index (χ1n) is 6.56. The lowest BCUT2D eigenvalue weighted by molar-refractivity contribution is -0.121. The number of nitrogens with zero attached hydrogens (tertiary/aromatic N) is 1. The molecule has 0 saturated carbocycles. The average molecular weight is 268 g/mol. The largest absolute Gasteiger partial charge is 0.481 e. The predicted molar refractivity (Wildman–Crippen MR) is 78.7 cm³/mol. The fourth-order valence-electron chi connectivity index (χ4n) is 2.49. The third-order valence-electron chi connectivity index (χ3n) is 3.53. The zero-order valence-electron chi connectivity index (χ0n) is 11.2. The number of carbonyl (C=O) groups is 1. The van der Waals surface area contributed by atoms with Crippen molar-refractivity contribution in [1.29, 1.82) is 0 Å². The van der Waals surface area contributed by atoms with Crippen molar-refractivity contribution in [3.05, 3.63) is 54.1 Å². The van der Waals surface area contributed by atoms with Crippen molar-refractivity contribution in [1.82, 2.24) is 0 Å². The molecule has 1 aliphatic rings. The quantitative estimate of drug-likeness (QED) is 0.852. The number of hydrogen-bond acceptors (Lipinski definition) is 3. The van der Waals surface area contributed by atoms with Crippen LogP contribution in [0.5, 0.6) is 5.75 Å². The van der Waals surface area contributed by atoms with Crippen LogP contribution in [0.2, 0.25) is 0 Å². The van der Waals surface area contributed by atoms with Gasteiger partial charge in [0.25, 0.3) is 5.91 Å². The van der Waals surface area contributed by atoms with E-state index in [1.807, 2.05) is 43.3 Å². The Morgan fingerprint density at radius 2 is 1.95 bits per heavy atom. The maximum atomic E-state index is 12.2. The molecule has 0 aliphatic carbocycles. The zero-order valence-corrected chi connectivity index (χ0v) is 11.2. The molecular weight excluding hydrogens is 252 g/mol. The Bertz CT molecular complexity index is 640. The van der Waals surface area contributed by atoms with Crippen molar-refractivity contribution in [2.24, 2.45) is 0 Å². The van der Waals surface area contributed by atoms with Gasteiger partial charge in [-0.2, -0.15) is 0 Å². The highest BCUT2D eigenvalue weighted by Crippen LogP contribution is 2.38.